The van der Waals surface area contributed by atoms with E-state index >= 15 is 0 Å². The second-order valence-corrected chi connectivity index (χ2v) is 14.5. The van der Waals surface area contributed by atoms with E-state index in [1.54, 1.807) is 49.4 Å². The van der Waals surface area contributed by atoms with Crippen LogP contribution in [0.4, 0.5) is 5.69 Å². The lowest BCUT2D eigenvalue weighted by Crippen LogP contribution is -2.53. The molecule has 1 atom stereocenters. The Morgan fingerprint density at radius 1 is 0.833 bits per heavy atom. The molecule has 8 nitrogen and oxygen atoms in total. The van der Waals surface area contributed by atoms with E-state index in [1.807, 2.05) is 44.2 Å². The molecule has 0 unspecified atom stereocenters. The Bertz CT molecular complexity index is 1790. The molecule has 0 saturated carbocycles. The van der Waals surface area contributed by atoms with Crippen molar-refractivity contribution in [3.63, 3.8) is 0 Å². The average Bonchev–Trinajstić information content (AvgIpc) is 3.06. The van der Waals surface area contributed by atoms with Gasteiger partial charge in [0.2, 0.25) is 11.8 Å². The van der Waals surface area contributed by atoms with Crippen LogP contribution in [0.15, 0.2) is 102 Å². The van der Waals surface area contributed by atoms with Gasteiger partial charge in [-0.1, -0.05) is 97.2 Å². The Hall–Kier alpha value is -3.76. The number of carbonyl (C=O) groups is 2. The number of para-hydroxylation sites is 2. The molecule has 12 heteroatoms. The third kappa shape index (κ3) is 9.44. The lowest BCUT2D eigenvalue weighted by Gasteiger charge is -2.34. The number of benzene rings is 4. The number of hydrogen-bond acceptors (Lipinski definition) is 5. The highest BCUT2D eigenvalue weighted by Crippen LogP contribution is 2.34. The number of nitrogens with one attached hydrogen (secondary N) is 1. The van der Waals surface area contributed by atoms with Crippen LogP contribution in [0, 0.1) is 5.92 Å². The number of anilines is 1. The highest BCUT2D eigenvalue weighted by molar-refractivity contribution is 7.92. The van der Waals surface area contributed by atoms with Crippen LogP contribution in [0.25, 0.3) is 0 Å². The Kier molecular flexibility index (Phi) is 13.2. The van der Waals surface area contributed by atoms with E-state index in [0.717, 1.165) is 9.87 Å². The molecule has 0 aromatic heterocycles. The van der Waals surface area contributed by atoms with Crippen LogP contribution < -0.4 is 14.4 Å². The number of nitrogens with zero attached hydrogens (tertiary/aromatic N) is 2. The molecule has 0 saturated heterocycles. The van der Waals surface area contributed by atoms with Gasteiger partial charge in [0.05, 0.1) is 17.2 Å². The molecule has 0 spiro atoms. The van der Waals surface area contributed by atoms with Crippen molar-refractivity contribution in [1.82, 2.24) is 10.2 Å². The summed E-state index contributed by atoms with van der Waals surface area (Å²) in [5.74, 6) is -0.647. The summed E-state index contributed by atoms with van der Waals surface area (Å²) in [6.45, 7) is 5.51. The van der Waals surface area contributed by atoms with Crippen LogP contribution in [-0.2, 0) is 32.6 Å². The van der Waals surface area contributed by atoms with Gasteiger partial charge >= 0.3 is 0 Å². The van der Waals surface area contributed by atoms with Crippen molar-refractivity contribution in [3.05, 3.63) is 123 Å². The van der Waals surface area contributed by atoms with Crippen molar-refractivity contribution < 1.29 is 22.7 Å². The Labute approximate surface area is 297 Å². The maximum absolute atomic E-state index is 14.7. The van der Waals surface area contributed by atoms with Gasteiger partial charge < -0.3 is 15.0 Å². The molecular weight excluding hydrogens is 693 g/mol. The average molecular weight is 731 g/mol. The molecule has 254 valence electrons. The topological polar surface area (TPSA) is 96.0 Å². The number of sulfonamides is 1. The first-order chi connectivity index (χ1) is 22.9. The van der Waals surface area contributed by atoms with Crippen LogP contribution in [0.3, 0.4) is 0 Å². The van der Waals surface area contributed by atoms with Crippen molar-refractivity contribution in [2.24, 2.45) is 5.92 Å². The zero-order valence-electron chi connectivity index (χ0n) is 26.9. The van der Waals surface area contributed by atoms with Crippen LogP contribution in [0.2, 0.25) is 15.1 Å². The van der Waals surface area contributed by atoms with Gasteiger partial charge in [0.15, 0.2) is 0 Å². The van der Waals surface area contributed by atoms with Crippen LogP contribution >= 0.6 is 34.8 Å². The molecule has 0 bridgehead atoms. The van der Waals surface area contributed by atoms with Gasteiger partial charge in [0.25, 0.3) is 10.0 Å². The highest BCUT2D eigenvalue weighted by atomic mass is 35.5. The van der Waals surface area contributed by atoms with Gasteiger partial charge in [-0.3, -0.25) is 13.9 Å². The summed E-state index contributed by atoms with van der Waals surface area (Å²) in [6, 6.07) is 25.4. The minimum atomic E-state index is -4.36. The van der Waals surface area contributed by atoms with Crippen LogP contribution in [0.1, 0.15) is 31.9 Å². The molecule has 2 amide bonds. The number of carbonyl (C=O) groups excluding carboxylic acids is 2. The monoisotopic (exact) mass is 729 g/mol. The summed E-state index contributed by atoms with van der Waals surface area (Å²) in [4.78, 5) is 30.0. The van der Waals surface area contributed by atoms with Gasteiger partial charge in [-0.15, -0.1) is 0 Å². The fourth-order valence-corrected chi connectivity index (χ4v) is 7.09. The van der Waals surface area contributed by atoms with Crippen molar-refractivity contribution >= 4 is 62.3 Å². The molecule has 4 rings (SSSR count). The van der Waals surface area contributed by atoms with Gasteiger partial charge in [-0.2, -0.15) is 0 Å². The molecule has 1 N–H and O–H groups in total. The lowest BCUT2D eigenvalue weighted by molar-refractivity contribution is -0.140. The second kappa shape index (κ2) is 17.1. The lowest BCUT2D eigenvalue weighted by atomic mass is 10.0. The Morgan fingerprint density at radius 3 is 2.08 bits per heavy atom. The summed E-state index contributed by atoms with van der Waals surface area (Å²) < 4.78 is 35.5. The molecule has 4 aromatic rings. The van der Waals surface area contributed by atoms with Gasteiger partial charge in [-0.05, 0) is 66.9 Å². The summed E-state index contributed by atoms with van der Waals surface area (Å²) in [5.41, 5.74) is 1.38. The SMILES string of the molecule is CCOc1ccccc1N(CC(=O)N(Cc1c(Cl)cccc1Cl)[C@@H](Cc1ccccc1)C(=O)NCC(C)C)S(=O)(=O)c1ccc(Cl)cc1. The van der Waals surface area contributed by atoms with Crippen LogP contribution in [0.5, 0.6) is 5.75 Å². The fourth-order valence-electron chi connectivity index (χ4n) is 5.02. The number of hydrogen-bond donors (Lipinski definition) is 1. The summed E-state index contributed by atoms with van der Waals surface area (Å²) >= 11 is 19.3. The number of ether oxygens (including phenoxy) is 1. The molecule has 0 heterocycles. The van der Waals surface area contributed by atoms with E-state index in [1.165, 1.54) is 29.2 Å². The van der Waals surface area contributed by atoms with Crippen molar-refractivity contribution in [1.29, 1.82) is 0 Å². The fraction of sp³-hybridized carbons (Fsp3) is 0.278. The highest BCUT2D eigenvalue weighted by Gasteiger charge is 2.36. The summed E-state index contributed by atoms with van der Waals surface area (Å²) in [7, 11) is -4.36. The second-order valence-electron chi connectivity index (χ2n) is 11.4. The van der Waals surface area contributed by atoms with Crippen molar-refractivity contribution in [3.8, 4) is 5.75 Å². The molecule has 0 aliphatic rings. The summed E-state index contributed by atoms with van der Waals surface area (Å²) in [6.07, 6.45) is 0.151. The van der Waals surface area contributed by atoms with E-state index < -0.39 is 34.4 Å². The maximum Gasteiger partial charge on any atom is 0.264 e. The van der Waals surface area contributed by atoms with Crippen molar-refractivity contribution in [2.45, 2.75) is 44.7 Å². The van der Waals surface area contributed by atoms with E-state index in [-0.39, 0.29) is 41.8 Å². The zero-order valence-corrected chi connectivity index (χ0v) is 30.0. The van der Waals surface area contributed by atoms with Gasteiger partial charge in [0, 0.05) is 40.1 Å². The molecule has 0 fully saturated rings. The summed E-state index contributed by atoms with van der Waals surface area (Å²) in [5, 5.41) is 3.91. The minimum Gasteiger partial charge on any atom is -0.492 e. The third-order valence-electron chi connectivity index (χ3n) is 7.46. The predicted molar refractivity (Wildman–Crippen MR) is 192 cm³/mol. The first-order valence-electron chi connectivity index (χ1n) is 15.5. The largest absolute Gasteiger partial charge is 0.492 e. The van der Waals surface area contributed by atoms with E-state index in [0.29, 0.717) is 27.2 Å². The molecule has 0 aliphatic heterocycles. The standard InChI is InChI=1S/C36H38Cl3N3O5S/c1-4-47-34-16-9-8-15-32(34)42(48(45,46)28-19-17-27(37)18-20-28)24-35(43)41(23-29-30(38)13-10-14-31(29)39)33(36(44)40-22-25(2)3)21-26-11-6-5-7-12-26/h5-20,25,33H,4,21-24H2,1-3H3,(H,40,44)/t33-/m0/s1. The molecular formula is C36H38Cl3N3O5S. The molecule has 48 heavy (non-hydrogen) atoms. The first kappa shape index (κ1) is 37.1. The third-order valence-corrected chi connectivity index (χ3v) is 10.2. The van der Waals surface area contributed by atoms with Crippen molar-refractivity contribution in [2.75, 3.05) is 24.0 Å². The van der Waals surface area contributed by atoms with E-state index in [4.69, 9.17) is 39.5 Å². The van der Waals surface area contributed by atoms with Gasteiger partial charge in [0.1, 0.15) is 18.3 Å². The Balaban J connectivity index is 1.87. The normalized spacial score (nSPS) is 12.0. The predicted octanol–water partition coefficient (Wildman–Crippen LogP) is 7.65. The quantitative estimate of drug-likeness (QED) is 0.136. The number of amides is 2. The van der Waals surface area contributed by atoms with E-state index in [2.05, 4.69) is 5.32 Å². The smallest absolute Gasteiger partial charge is 0.264 e. The minimum absolute atomic E-state index is 0.0813. The zero-order chi connectivity index (χ0) is 34.8. The maximum atomic E-state index is 14.7. The molecule has 4 aromatic carbocycles. The Morgan fingerprint density at radius 2 is 1.46 bits per heavy atom. The molecule has 0 radical (unpaired) electrons. The van der Waals surface area contributed by atoms with Crippen LogP contribution in [-0.4, -0.2) is 50.9 Å². The first-order valence-corrected chi connectivity index (χ1v) is 18.0. The van der Waals surface area contributed by atoms with Gasteiger partial charge in [-0.25, -0.2) is 8.42 Å². The number of rotatable bonds is 15. The van der Waals surface area contributed by atoms with E-state index in [9.17, 15) is 18.0 Å². The molecule has 0 aliphatic carbocycles. The number of halogens is 3.